The van der Waals surface area contributed by atoms with Crippen molar-refractivity contribution in [1.82, 2.24) is 9.80 Å². The Hall–Kier alpha value is -1.03. The highest BCUT2D eigenvalue weighted by atomic mass is 32.1. The lowest BCUT2D eigenvalue weighted by molar-refractivity contribution is 0.157. The Morgan fingerprint density at radius 2 is 1.81 bits per heavy atom. The Balaban J connectivity index is 2.63. The average Bonchev–Trinajstić information content (AvgIpc) is 2.80. The molecule has 0 aliphatic carbocycles. The van der Waals surface area contributed by atoms with Crippen LogP contribution in [-0.2, 0) is 6.54 Å². The summed E-state index contributed by atoms with van der Waals surface area (Å²) in [6.07, 6.45) is 0. The number of carbonyl (C=O) groups excluding carboxylic acids is 1. The molecular formula is C12H20N2OS. The van der Waals surface area contributed by atoms with Crippen LogP contribution in [0.1, 0.15) is 25.6 Å². The molecule has 2 amide bonds. The van der Waals surface area contributed by atoms with Gasteiger partial charge in [0.05, 0.1) is 6.54 Å². The first-order valence-corrected chi connectivity index (χ1v) is 6.67. The number of amides is 2. The Morgan fingerprint density at radius 1 is 1.19 bits per heavy atom. The van der Waals surface area contributed by atoms with Crippen molar-refractivity contribution in [2.45, 2.75) is 27.3 Å². The molecule has 1 heterocycles. The maximum Gasteiger partial charge on any atom is 0.320 e. The predicted molar refractivity (Wildman–Crippen MR) is 68.7 cm³/mol. The molecule has 1 aromatic rings. The number of rotatable bonds is 5. The second kappa shape index (κ2) is 6.53. The molecule has 0 atom stereocenters. The molecule has 1 rings (SSSR count). The van der Waals surface area contributed by atoms with Crippen LogP contribution in [0.4, 0.5) is 4.79 Å². The van der Waals surface area contributed by atoms with E-state index >= 15 is 0 Å². The first kappa shape index (κ1) is 13.0. The highest BCUT2D eigenvalue weighted by molar-refractivity contribution is 7.09. The molecule has 0 spiro atoms. The van der Waals surface area contributed by atoms with Crippen molar-refractivity contribution in [3.8, 4) is 0 Å². The van der Waals surface area contributed by atoms with Crippen LogP contribution >= 0.6 is 11.3 Å². The molecular weight excluding hydrogens is 220 g/mol. The van der Waals surface area contributed by atoms with Crippen molar-refractivity contribution in [1.29, 1.82) is 0 Å². The van der Waals surface area contributed by atoms with E-state index in [9.17, 15) is 4.79 Å². The largest absolute Gasteiger partial charge is 0.325 e. The quantitative estimate of drug-likeness (QED) is 0.776. The number of hydrogen-bond acceptors (Lipinski definition) is 2. The zero-order chi connectivity index (χ0) is 12.0. The Morgan fingerprint density at radius 3 is 2.25 bits per heavy atom. The van der Waals surface area contributed by atoms with Crippen molar-refractivity contribution in [3.05, 3.63) is 22.4 Å². The lowest BCUT2D eigenvalue weighted by Gasteiger charge is -2.28. The Labute approximate surface area is 102 Å². The van der Waals surface area contributed by atoms with E-state index in [2.05, 4.69) is 6.07 Å². The second-order valence-electron chi connectivity index (χ2n) is 3.55. The molecule has 1 aromatic heterocycles. The highest BCUT2D eigenvalue weighted by Gasteiger charge is 2.17. The summed E-state index contributed by atoms with van der Waals surface area (Å²) < 4.78 is 0. The summed E-state index contributed by atoms with van der Waals surface area (Å²) in [7, 11) is 0. The minimum Gasteiger partial charge on any atom is -0.325 e. The van der Waals surface area contributed by atoms with Crippen molar-refractivity contribution < 1.29 is 4.79 Å². The van der Waals surface area contributed by atoms with E-state index < -0.39 is 0 Å². The summed E-state index contributed by atoms with van der Waals surface area (Å²) in [6.45, 7) is 9.08. The zero-order valence-electron chi connectivity index (χ0n) is 10.3. The van der Waals surface area contributed by atoms with Gasteiger partial charge in [0.2, 0.25) is 0 Å². The van der Waals surface area contributed by atoms with Crippen LogP contribution < -0.4 is 0 Å². The van der Waals surface area contributed by atoms with Crippen LogP contribution in [0.3, 0.4) is 0 Å². The maximum atomic E-state index is 12.1. The van der Waals surface area contributed by atoms with Gasteiger partial charge in [0.15, 0.2) is 0 Å². The van der Waals surface area contributed by atoms with Crippen LogP contribution in [0, 0.1) is 0 Å². The van der Waals surface area contributed by atoms with Gasteiger partial charge >= 0.3 is 6.03 Å². The minimum absolute atomic E-state index is 0.140. The minimum atomic E-state index is 0.140. The molecule has 16 heavy (non-hydrogen) atoms. The van der Waals surface area contributed by atoms with Gasteiger partial charge in [-0.25, -0.2) is 4.79 Å². The lowest BCUT2D eigenvalue weighted by atomic mass is 10.4. The number of urea groups is 1. The normalized spacial score (nSPS) is 10.2. The molecule has 0 bridgehead atoms. The van der Waals surface area contributed by atoms with Gasteiger partial charge in [0.25, 0.3) is 0 Å². The highest BCUT2D eigenvalue weighted by Crippen LogP contribution is 2.13. The Kier molecular flexibility index (Phi) is 5.32. The van der Waals surface area contributed by atoms with Crippen LogP contribution in [0.25, 0.3) is 0 Å². The van der Waals surface area contributed by atoms with Gasteiger partial charge in [0, 0.05) is 24.5 Å². The van der Waals surface area contributed by atoms with Crippen LogP contribution in [-0.4, -0.2) is 35.5 Å². The molecule has 3 nitrogen and oxygen atoms in total. The van der Waals surface area contributed by atoms with E-state index in [0.29, 0.717) is 0 Å². The fourth-order valence-corrected chi connectivity index (χ4v) is 2.32. The van der Waals surface area contributed by atoms with E-state index in [0.717, 1.165) is 26.2 Å². The fourth-order valence-electron chi connectivity index (χ4n) is 1.60. The smallest absolute Gasteiger partial charge is 0.320 e. The number of nitrogens with zero attached hydrogens (tertiary/aromatic N) is 2. The van der Waals surface area contributed by atoms with E-state index in [-0.39, 0.29) is 6.03 Å². The van der Waals surface area contributed by atoms with Gasteiger partial charge in [-0.2, -0.15) is 0 Å². The average molecular weight is 240 g/mol. The molecule has 0 fully saturated rings. The van der Waals surface area contributed by atoms with Crippen molar-refractivity contribution in [2.24, 2.45) is 0 Å². The first-order valence-electron chi connectivity index (χ1n) is 5.79. The molecule has 4 heteroatoms. The van der Waals surface area contributed by atoms with E-state index in [1.54, 1.807) is 11.3 Å². The monoisotopic (exact) mass is 240 g/mol. The van der Waals surface area contributed by atoms with Crippen molar-refractivity contribution in [3.63, 3.8) is 0 Å². The second-order valence-corrected chi connectivity index (χ2v) is 4.58. The standard InChI is InChI=1S/C12H20N2OS/c1-4-13(5-2)12(15)14(6-3)10-11-8-7-9-16-11/h7-9H,4-6,10H2,1-3H3. The molecule has 0 N–H and O–H groups in total. The molecule has 0 unspecified atom stereocenters. The van der Waals surface area contributed by atoms with Crippen molar-refractivity contribution in [2.75, 3.05) is 19.6 Å². The van der Waals surface area contributed by atoms with Gasteiger partial charge in [0.1, 0.15) is 0 Å². The third-order valence-electron chi connectivity index (χ3n) is 2.61. The van der Waals surface area contributed by atoms with Gasteiger partial charge in [-0.05, 0) is 32.2 Å². The number of thiophene rings is 1. The van der Waals surface area contributed by atoms with E-state index in [1.165, 1.54) is 4.88 Å². The number of hydrogen-bond donors (Lipinski definition) is 0. The summed E-state index contributed by atoms with van der Waals surface area (Å²) >= 11 is 1.70. The first-order chi connectivity index (χ1) is 7.72. The third-order valence-corrected chi connectivity index (χ3v) is 3.47. The third kappa shape index (κ3) is 3.23. The molecule has 0 aliphatic rings. The SMILES string of the molecule is CCN(CC)C(=O)N(CC)Cc1cccs1. The fraction of sp³-hybridized carbons (Fsp3) is 0.583. The molecule has 0 aliphatic heterocycles. The lowest BCUT2D eigenvalue weighted by Crippen LogP contribution is -2.42. The van der Waals surface area contributed by atoms with Crippen molar-refractivity contribution >= 4 is 17.4 Å². The molecule has 0 aromatic carbocycles. The van der Waals surface area contributed by atoms with Gasteiger partial charge < -0.3 is 9.80 Å². The molecule has 0 radical (unpaired) electrons. The van der Waals surface area contributed by atoms with Crippen LogP contribution in [0.5, 0.6) is 0 Å². The van der Waals surface area contributed by atoms with E-state index in [1.807, 2.05) is 42.0 Å². The molecule has 0 saturated heterocycles. The summed E-state index contributed by atoms with van der Waals surface area (Å²) in [5.74, 6) is 0. The Bertz CT molecular complexity index is 307. The predicted octanol–water partition coefficient (Wildman–Crippen LogP) is 3.03. The topological polar surface area (TPSA) is 23.6 Å². The molecule has 90 valence electrons. The van der Waals surface area contributed by atoms with Crippen LogP contribution in [0.2, 0.25) is 0 Å². The summed E-state index contributed by atoms with van der Waals surface area (Å²) in [6, 6.07) is 4.24. The van der Waals surface area contributed by atoms with Gasteiger partial charge in [-0.15, -0.1) is 11.3 Å². The summed E-state index contributed by atoms with van der Waals surface area (Å²) in [5, 5.41) is 2.05. The van der Waals surface area contributed by atoms with Crippen LogP contribution in [0.15, 0.2) is 17.5 Å². The number of carbonyl (C=O) groups is 1. The zero-order valence-corrected chi connectivity index (χ0v) is 11.1. The van der Waals surface area contributed by atoms with Gasteiger partial charge in [-0.3, -0.25) is 0 Å². The van der Waals surface area contributed by atoms with Gasteiger partial charge in [-0.1, -0.05) is 6.07 Å². The summed E-state index contributed by atoms with van der Waals surface area (Å²) in [5.41, 5.74) is 0. The van der Waals surface area contributed by atoms with E-state index in [4.69, 9.17) is 0 Å². The summed E-state index contributed by atoms with van der Waals surface area (Å²) in [4.78, 5) is 17.1. The molecule has 0 saturated carbocycles. The maximum absolute atomic E-state index is 12.1.